The van der Waals surface area contributed by atoms with E-state index in [4.69, 9.17) is 35.0 Å². The summed E-state index contributed by atoms with van der Waals surface area (Å²) in [6, 6.07) is 0. The molecule has 13 heavy (non-hydrogen) atoms. The fraction of sp³-hybridized carbons (Fsp3) is 0. The third kappa shape index (κ3) is 4730. The Hall–Kier alpha value is 0.543. The van der Waals surface area contributed by atoms with Gasteiger partial charge in [0.2, 0.25) is 0 Å². The molecule has 0 rings (SSSR count). The predicted molar refractivity (Wildman–Crippen MR) is 28.2 cm³/mol. The Balaban J connectivity index is -0.0000000267. The molecule has 0 aromatic heterocycles. The van der Waals surface area contributed by atoms with Crippen LogP contribution in [-0.2, 0) is 47.0 Å². The molecule has 0 aliphatic carbocycles. The first-order valence-corrected chi connectivity index (χ1v) is 4.00. The van der Waals surface area contributed by atoms with E-state index >= 15 is 0 Å². The fourth-order valence-corrected chi connectivity index (χ4v) is 0. The van der Waals surface area contributed by atoms with Crippen LogP contribution in [0.25, 0.3) is 0 Å². The van der Waals surface area contributed by atoms with Crippen LogP contribution in [-0.4, -0.2) is 46.0 Å². The van der Waals surface area contributed by atoms with Crippen LogP contribution in [0.2, 0.25) is 0 Å². The van der Waals surface area contributed by atoms with Crippen LogP contribution in [0, 0.1) is 0 Å². The van der Waals surface area contributed by atoms with Gasteiger partial charge in [-0.15, -0.1) is 0 Å². The molecule has 0 saturated heterocycles. The second-order valence-corrected chi connectivity index (χ2v) is 2.45. The molecule has 0 atom stereocenters. The van der Waals surface area contributed by atoms with Crippen LogP contribution in [0.4, 0.5) is 0 Å². The maximum Gasteiger partial charge on any atom is 4.00 e. The van der Waals surface area contributed by atoms with Crippen LogP contribution in [0.15, 0.2) is 0 Å². The molecule has 80 valence electrons. The van der Waals surface area contributed by atoms with Crippen molar-refractivity contribution < 1.29 is 72.2 Å². The Kier molecular flexibility index (Phi) is 23.9. The Morgan fingerprint density at radius 3 is 0.615 bits per heavy atom. The predicted octanol–water partition coefficient (Wildman–Crippen LogP) is -4.33. The maximum atomic E-state index is 8.52. The summed E-state index contributed by atoms with van der Waals surface area (Å²) in [7, 11) is -10.3. The average Bonchev–Trinajstić information content (AvgIpc) is 1.12. The molecule has 0 aromatic rings. The van der Waals surface area contributed by atoms with Gasteiger partial charge in [0.1, 0.15) is 0 Å². The van der Waals surface area contributed by atoms with E-state index in [1.54, 1.807) is 0 Å². The minimum atomic E-state index is -5.17. The fourth-order valence-electron chi connectivity index (χ4n) is 0. The molecule has 0 unspecified atom stereocenters. The van der Waals surface area contributed by atoms with E-state index in [1.165, 1.54) is 0 Å². The van der Waals surface area contributed by atoms with Gasteiger partial charge in [-0.2, -0.15) is 0 Å². The monoisotopic (exact) mass is 318 g/mol. The van der Waals surface area contributed by atoms with Crippen molar-refractivity contribution in [3.8, 4) is 0 Å². The van der Waals surface area contributed by atoms with Gasteiger partial charge in [0.05, 0.1) is 0 Å². The minimum Gasteiger partial charge on any atom is -0.759 e. The zero-order valence-electron chi connectivity index (χ0n) is 5.58. The molecule has 0 aliphatic rings. The molecule has 0 amide bonds. The summed E-state index contributed by atoms with van der Waals surface area (Å²) in [4.78, 5) is 0. The van der Waals surface area contributed by atoms with Crippen LogP contribution in [0.3, 0.4) is 0 Å². The SMILES string of the molecule is O.O.O=S(=O)([O-])[O-].O=S(=O)([O-])[O-].[Zr+4]. The summed E-state index contributed by atoms with van der Waals surface area (Å²) >= 11 is 0. The number of rotatable bonds is 0. The van der Waals surface area contributed by atoms with E-state index in [-0.39, 0.29) is 37.2 Å². The summed E-state index contributed by atoms with van der Waals surface area (Å²) in [6.45, 7) is 0. The van der Waals surface area contributed by atoms with E-state index in [1.807, 2.05) is 0 Å². The molecule has 10 nitrogen and oxygen atoms in total. The molecule has 0 saturated carbocycles. The molecule has 0 bridgehead atoms. The van der Waals surface area contributed by atoms with Gasteiger partial charge in [0.25, 0.3) is 0 Å². The van der Waals surface area contributed by atoms with Gasteiger partial charge in [-0.1, -0.05) is 0 Å². The zero-order chi connectivity index (χ0) is 9.00. The average molecular weight is 319 g/mol. The smallest absolute Gasteiger partial charge is 0.759 e. The Labute approximate surface area is 92.9 Å². The second-order valence-electron chi connectivity index (χ2n) is 0.816. The quantitative estimate of drug-likeness (QED) is 0.312. The van der Waals surface area contributed by atoms with Crippen molar-refractivity contribution in [2.45, 2.75) is 0 Å². The summed E-state index contributed by atoms with van der Waals surface area (Å²) < 4.78 is 68.2. The standard InChI is InChI=1S/2H2O4S.2H2O.Zr/c2*1-5(2,3)4;;;/h2*(H2,1,2,3,4);2*1H2;/q;;;;+4/p-4. The van der Waals surface area contributed by atoms with Gasteiger partial charge in [-0.3, -0.25) is 16.8 Å². The van der Waals surface area contributed by atoms with Crippen LogP contribution >= 0.6 is 0 Å². The molecule has 0 aromatic carbocycles. The van der Waals surface area contributed by atoms with Gasteiger partial charge in [0.15, 0.2) is 0 Å². The van der Waals surface area contributed by atoms with Crippen molar-refractivity contribution in [3.63, 3.8) is 0 Å². The van der Waals surface area contributed by atoms with Gasteiger partial charge in [0, 0.05) is 20.8 Å². The summed E-state index contributed by atoms with van der Waals surface area (Å²) in [5, 5.41) is 0. The van der Waals surface area contributed by atoms with Gasteiger partial charge < -0.3 is 29.2 Å². The minimum absolute atomic E-state index is 0. The van der Waals surface area contributed by atoms with Crippen molar-refractivity contribution >= 4 is 20.8 Å². The molecule has 0 heterocycles. The molecule has 0 spiro atoms. The first-order chi connectivity index (χ1) is 4.00. The van der Waals surface area contributed by atoms with Crippen molar-refractivity contribution in [2.24, 2.45) is 0 Å². The van der Waals surface area contributed by atoms with Gasteiger partial charge >= 0.3 is 26.2 Å². The van der Waals surface area contributed by atoms with Crippen molar-refractivity contribution in [3.05, 3.63) is 0 Å². The number of hydrogen-bond acceptors (Lipinski definition) is 8. The summed E-state index contributed by atoms with van der Waals surface area (Å²) in [5.74, 6) is 0. The van der Waals surface area contributed by atoms with Crippen molar-refractivity contribution in [1.82, 2.24) is 0 Å². The molecular weight excluding hydrogens is 315 g/mol. The van der Waals surface area contributed by atoms with E-state index < -0.39 is 20.8 Å². The Morgan fingerprint density at radius 1 is 0.615 bits per heavy atom. The summed E-state index contributed by atoms with van der Waals surface area (Å²) in [5.41, 5.74) is 0. The van der Waals surface area contributed by atoms with Gasteiger partial charge in [-0.25, -0.2) is 0 Å². The molecule has 0 aliphatic heterocycles. The van der Waals surface area contributed by atoms with Gasteiger partial charge in [-0.05, 0) is 0 Å². The first-order valence-electron chi connectivity index (χ1n) is 1.33. The van der Waals surface area contributed by atoms with Crippen LogP contribution in [0.1, 0.15) is 0 Å². The normalized spacial score (nSPS) is 8.92. The van der Waals surface area contributed by atoms with E-state index in [2.05, 4.69) is 0 Å². The maximum absolute atomic E-state index is 8.52. The molecule has 0 radical (unpaired) electrons. The number of hydrogen-bond donors (Lipinski definition) is 0. The largest absolute Gasteiger partial charge is 4.00 e. The zero-order valence-corrected chi connectivity index (χ0v) is 9.67. The second kappa shape index (κ2) is 10.6. The van der Waals surface area contributed by atoms with Crippen LogP contribution < -0.4 is 0 Å². The van der Waals surface area contributed by atoms with E-state index in [0.717, 1.165) is 0 Å². The Bertz CT molecular complexity index is 209. The van der Waals surface area contributed by atoms with Crippen molar-refractivity contribution in [1.29, 1.82) is 0 Å². The molecule has 0 fully saturated rings. The van der Waals surface area contributed by atoms with E-state index in [9.17, 15) is 0 Å². The first kappa shape index (κ1) is 29.2. The molecule has 4 N–H and O–H groups in total. The van der Waals surface area contributed by atoms with Crippen LogP contribution in [0.5, 0.6) is 0 Å². The molecular formula is H4O10S2Zr. The molecule has 13 heteroatoms. The summed E-state index contributed by atoms with van der Waals surface area (Å²) in [6.07, 6.45) is 0. The topological polar surface area (TPSA) is 224 Å². The van der Waals surface area contributed by atoms with E-state index in [0.29, 0.717) is 0 Å². The van der Waals surface area contributed by atoms with Crippen molar-refractivity contribution in [2.75, 3.05) is 0 Å². The third-order valence-corrected chi connectivity index (χ3v) is 0. The third-order valence-electron chi connectivity index (χ3n) is 0. The Morgan fingerprint density at radius 2 is 0.615 bits per heavy atom.